The minimum Gasteiger partial charge on any atom is -0.490 e. The first-order chi connectivity index (χ1) is 8.15. The second kappa shape index (κ2) is 6.70. The molecule has 0 aromatic carbocycles. The number of amides is 1. The summed E-state index contributed by atoms with van der Waals surface area (Å²) in [5.74, 6) is 0.303. The molecule has 4 N–H and O–H groups in total. The number of aliphatic hydroxyl groups excluding tert-OH is 1. The standard InChI is InChI=1S/C11H17N3O3/c1-2-6-17-9-4-3-5-13-11(9)14-7-8(15)10(12)16/h3-5,8,15H,2,6-7H2,1H3,(H2,12,16)(H,13,14). The lowest BCUT2D eigenvalue weighted by atomic mass is 10.3. The van der Waals surface area contributed by atoms with E-state index in [0.29, 0.717) is 18.2 Å². The second-order valence-electron chi connectivity index (χ2n) is 3.50. The third-order valence-corrected chi connectivity index (χ3v) is 2.02. The van der Waals surface area contributed by atoms with E-state index in [-0.39, 0.29) is 6.54 Å². The number of anilines is 1. The van der Waals surface area contributed by atoms with Gasteiger partial charge in [0.1, 0.15) is 6.10 Å². The number of aliphatic hydroxyl groups is 1. The Bertz CT molecular complexity index is 371. The molecule has 0 saturated carbocycles. The van der Waals surface area contributed by atoms with Crippen LogP contribution in [-0.4, -0.2) is 35.3 Å². The maximum atomic E-state index is 10.7. The minimum absolute atomic E-state index is 0.00876. The van der Waals surface area contributed by atoms with E-state index in [0.717, 1.165) is 6.42 Å². The van der Waals surface area contributed by atoms with Gasteiger partial charge in [0.15, 0.2) is 11.6 Å². The quantitative estimate of drug-likeness (QED) is 0.628. The maximum Gasteiger partial charge on any atom is 0.248 e. The number of nitrogens with one attached hydrogen (secondary N) is 1. The van der Waals surface area contributed by atoms with Crippen LogP contribution in [0.5, 0.6) is 5.75 Å². The summed E-state index contributed by atoms with van der Waals surface area (Å²) in [5, 5.41) is 12.1. The molecule has 1 aromatic rings. The van der Waals surface area contributed by atoms with Gasteiger partial charge in [-0.1, -0.05) is 6.92 Å². The molecule has 0 aliphatic rings. The van der Waals surface area contributed by atoms with Crippen LogP contribution in [0.1, 0.15) is 13.3 Å². The highest BCUT2D eigenvalue weighted by Crippen LogP contribution is 2.20. The van der Waals surface area contributed by atoms with Gasteiger partial charge in [0.05, 0.1) is 13.2 Å². The molecule has 1 atom stereocenters. The van der Waals surface area contributed by atoms with Crippen LogP contribution < -0.4 is 15.8 Å². The molecule has 17 heavy (non-hydrogen) atoms. The maximum absolute atomic E-state index is 10.7. The van der Waals surface area contributed by atoms with Gasteiger partial charge in [0.25, 0.3) is 0 Å². The van der Waals surface area contributed by atoms with E-state index in [1.807, 2.05) is 6.92 Å². The largest absolute Gasteiger partial charge is 0.490 e. The highest BCUT2D eigenvalue weighted by molar-refractivity contribution is 5.79. The van der Waals surface area contributed by atoms with Gasteiger partial charge in [0.2, 0.25) is 5.91 Å². The van der Waals surface area contributed by atoms with Crippen molar-refractivity contribution in [3.63, 3.8) is 0 Å². The van der Waals surface area contributed by atoms with Gasteiger partial charge in [-0.25, -0.2) is 4.98 Å². The van der Waals surface area contributed by atoms with Gasteiger partial charge in [-0.05, 0) is 18.6 Å². The van der Waals surface area contributed by atoms with Crippen molar-refractivity contribution in [3.8, 4) is 5.75 Å². The van der Waals surface area contributed by atoms with Gasteiger partial charge < -0.3 is 20.9 Å². The Morgan fingerprint density at radius 3 is 3.12 bits per heavy atom. The molecule has 94 valence electrons. The van der Waals surface area contributed by atoms with Crippen LogP contribution in [0, 0.1) is 0 Å². The molecule has 1 unspecified atom stereocenters. The molecule has 1 rings (SSSR count). The summed E-state index contributed by atoms with van der Waals surface area (Å²) >= 11 is 0. The number of nitrogens with two attached hydrogens (primary N) is 1. The van der Waals surface area contributed by atoms with E-state index >= 15 is 0 Å². The molecular weight excluding hydrogens is 222 g/mol. The van der Waals surface area contributed by atoms with Crippen molar-refractivity contribution in [1.82, 2.24) is 4.98 Å². The Balaban J connectivity index is 2.60. The van der Waals surface area contributed by atoms with Crippen molar-refractivity contribution in [2.24, 2.45) is 5.73 Å². The molecule has 6 heteroatoms. The molecule has 0 saturated heterocycles. The predicted octanol–water partition coefficient (Wildman–Crippen LogP) is 0.128. The minimum atomic E-state index is -1.24. The highest BCUT2D eigenvalue weighted by atomic mass is 16.5. The lowest BCUT2D eigenvalue weighted by Crippen LogP contribution is -2.34. The zero-order valence-corrected chi connectivity index (χ0v) is 9.72. The Morgan fingerprint density at radius 2 is 2.47 bits per heavy atom. The Labute approximate surface area is 99.8 Å². The third kappa shape index (κ3) is 4.28. The molecule has 0 radical (unpaired) electrons. The number of rotatable bonds is 7. The molecular formula is C11H17N3O3. The fourth-order valence-electron chi connectivity index (χ4n) is 1.15. The summed E-state index contributed by atoms with van der Waals surface area (Å²) in [7, 11) is 0. The number of nitrogens with zero attached hydrogens (tertiary/aromatic N) is 1. The van der Waals surface area contributed by atoms with Crippen molar-refractivity contribution in [3.05, 3.63) is 18.3 Å². The Kier molecular flexibility index (Phi) is 5.22. The number of hydrogen-bond donors (Lipinski definition) is 3. The van der Waals surface area contributed by atoms with E-state index < -0.39 is 12.0 Å². The van der Waals surface area contributed by atoms with Crippen molar-refractivity contribution in [1.29, 1.82) is 0 Å². The van der Waals surface area contributed by atoms with Crippen LogP contribution in [-0.2, 0) is 4.79 Å². The summed E-state index contributed by atoms with van der Waals surface area (Å²) in [6.07, 6.45) is 1.24. The first kappa shape index (κ1) is 13.2. The molecule has 1 amide bonds. The lowest BCUT2D eigenvalue weighted by molar-refractivity contribution is -0.125. The predicted molar refractivity (Wildman–Crippen MR) is 63.7 cm³/mol. The second-order valence-corrected chi connectivity index (χ2v) is 3.50. The molecule has 1 heterocycles. The van der Waals surface area contributed by atoms with Crippen LogP contribution in [0.4, 0.5) is 5.82 Å². The van der Waals surface area contributed by atoms with Gasteiger partial charge in [0, 0.05) is 6.20 Å². The summed E-state index contributed by atoms with van der Waals surface area (Å²) in [6.45, 7) is 2.59. The monoisotopic (exact) mass is 239 g/mol. The fraction of sp³-hybridized carbons (Fsp3) is 0.455. The van der Waals surface area contributed by atoms with E-state index in [1.54, 1.807) is 18.3 Å². The molecule has 6 nitrogen and oxygen atoms in total. The first-order valence-corrected chi connectivity index (χ1v) is 5.44. The average Bonchev–Trinajstić information content (AvgIpc) is 2.34. The van der Waals surface area contributed by atoms with E-state index in [9.17, 15) is 9.90 Å². The Hall–Kier alpha value is -1.82. The normalized spacial score (nSPS) is 11.9. The van der Waals surface area contributed by atoms with Crippen molar-refractivity contribution >= 4 is 11.7 Å². The molecule has 0 aliphatic carbocycles. The van der Waals surface area contributed by atoms with Gasteiger partial charge in [-0.3, -0.25) is 4.79 Å². The topological polar surface area (TPSA) is 97.5 Å². The van der Waals surface area contributed by atoms with Crippen LogP contribution in [0.2, 0.25) is 0 Å². The smallest absolute Gasteiger partial charge is 0.248 e. The summed E-state index contributed by atoms with van der Waals surface area (Å²) in [6, 6.07) is 3.52. The van der Waals surface area contributed by atoms with Crippen molar-refractivity contribution in [2.75, 3.05) is 18.5 Å². The number of primary amides is 1. The van der Waals surface area contributed by atoms with Crippen LogP contribution >= 0.6 is 0 Å². The van der Waals surface area contributed by atoms with Crippen LogP contribution in [0.3, 0.4) is 0 Å². The SMILES string of the molecule is CCCOc1cccnc1NCC(O)C(N)=O. The number of ether oxygens (including phenoxy) is 1. The molecule has 0 aliphatic heterocycles. The highest BCUT2D eigenvalue weighted by Gasteiger charge is 2.12. The molecule has 0 bridgehead atoms. The molecule has 1 aromatic heterocycles. The Morgan fingerprint density at radius 1 is 1.71 bits per heavy atom. The number of aromatic nitrogens is 1. The van der Waals surface area contributed by atoms with Gasteiger partial charge in [-0.15, -0.1) is 0 Å². The zero-order chi connectivity index (χ0) is 12.7. The van der Waals surface area contributed by atoms with E-state index in [4.69, 9.17) is 10.5 Å². The van der Waals surface area contributed by atoms with Crippen LogP contribution in [0.15, 0.2) is 18.3 Å². The van der Waals surface area contributed by atoms with Crippen LogP contribution in [0.25, 0.3) is 0 Å². The number of pyridine rings is 1. The number of carbonyl (C=O) groups is 1. The lowest BCUT2D eigenvalue weighted by Gasteiger charge is -2.12. The summed E-state index contributed by atoms with van der Waals surface area (Å²) < 4.78 is 5.46. The van der Waals surface area contributed by atoms with Gasteiger partial charge in [-0.2, -0.15) is 0 Å². The molecule has 0 spiro atoms. The van der Waals surface area contributed by atoms with Crippen molar-refractivity contribution in [2.45, 2.75) is 19.4 Å². The third-order valence-electron chi connectivity index (χ3n) is 2.02. The molecule has 0 fully saturated rings. The first-order valence-electron chi connectivity index (χ1n) is 5.44. The summed E-state index contributed by atoms with van der Waals surface area (Å²) in [5.41, 5.74) is 4.94. The van der Waals surface area contributed by atoms with E-state index in [1.165, 1.54) is 0 Å². The van der Waals surface area contributed by atoms with E-state index in [2.05, 4.69) is 10.3 Å². The van der Waals surface area contributed by atoms with Gasteiger partial charge >= 0.3 is 0 Å². The van der Waals surface area contributed by atoms with Crippen molar-refractivity contribution < 1.29 is 14.6 Å². The fourth-order valence-corrected chi connectivity index (χ4v) is 1.15. The zero-order valence-electron chi connectivity index (χ0n) is 9.72. The average molecular weight is 239 g/mol. The number of carbonyl (C=O) groups excluding carboxylic acids is 1. The number of hydrogen-bond acceptors (Lipinski definition) is 5. The summed E-state index contributed by atoms with van der Waals surface area (Å²) in [4.78, 5) is 14.7.